The number of hydrogen-bond donors (Lipinski definition) is 1. The van der Waals surface area contributed by atoms with E-state index in [-0.39, 0.29) is 23.1 Å². The zero-order valence-electron chi connectivity index (χ0n) is 18.5. The van der Waals surface area contributed by atoms with Crippen LogP contribution in [0.4, 0.5) is 11.4 Å². The summed E-state index contributed by atoms with van der Waals surface area (Å²) in [5.74, 6) is 0.915. The van der Waals surface area contributed by atoms with Crippen LogP contribution in [-0.4, -0.2) is 33.6 Å². The number of nitrogens with one attached hydrogen (secondary N) is 1. The number of rotatable bonds is 6. The maximum atomic E-state index is 13.2. The number of halogens is 1. The van der Waals surface area contributed by atoms with Gasteiger partial charge in [0, 0.05) is 24.2 Å². The van der Waals surface area contributed by atoms with Crippen molar-refractivity contribution in [3.05, 3.63) is 70.9 Å². The van der Waals surface area contributed by atoms with Crippen molar-refractivity contribution in [2.45, 2.75) is 18.4 Å². The third kappa shape index (κ3) is 4.24. The van der Waals surface area contributed by atoms with Gasteiger partial charge in [0.15, 0.2) is 5.58 Å². The van der Waals surface area contributed by atoms with Crippen molar-refractivity contribution in [3.63, 3.8) is 0 Å². The fourth-order valence-corrected chi connectivity index (χ4v) is 5.33. The van der Waals surface area contributed by atoms with Gasteiger partial charge >= 0.3 is 0 Å². The topological polar surface area (TPSA) is 93.9 Å². The first-order valence-corrected chi connectivity index (χ1v) is 12.4. The van der Waals surface area contributed by atoms with Crippen LogP contribution in [-0.2, 0) is 16.6 Å². The number of anilines is 2. The number of sulfonamides is 1. The number of pyridine rings is 1. The molecule has 176 valence electrons. The Bertz CT molecular complexity index is 1490. The zero-order chi connectivity index (χ0) is 23.9. The summed E-state index contributed by atoms with van der Waals surface area (Å²) in [7, 11) is -1.95. The summed E-state index contributed by atoms with van der Waals surface area (Å²) >= 11 is 6.14. The number of fused-ring (bicyclic) bond motifs is 2. The number of likely N-dealkylation sites (N-methyl/N-ethyl adjacent to an activating group) is 1. The summed E-state index contributed by atoms with van der Waals surface area (Å²) < 4.78 is 46.1. The van der Waals surface area contributed by atoms with Crippen LogP contribution in [0.15, 0.2) is 64.1 Å². The van der Waals surface area contributed by atoms with E-state index in [0.717, 1.165) is 23.5 Å². The molecular formula is C24H22ClN3O5S. The van der Waals surface area contributed by atoms with Crippen molar-refractivity contribution in [2.24, 2.45) is 0 Å². The molecule has 0 amide bonds. The molecule has 0 saturated heterocycles. The normalized spacial score (nSPS) is 13.4. The summed E-state index contributed by atoms with van der Waals surface area (Å²) in [6, 6.07) is 13.8. The van der Waals surface area contributed by atoms with Crippen LogP contribution in [0.2, 0.25) is 5.02 Å². The molecule has 4 aromatic rings. The Hall–Kier alpha value is -3.43. The highest BCUT2D eigenvalue weighted by Gasteiger charge is 2.22. The summed E-state index contributed by atoms with van der Waals surface area (Å²) in [5.41, 5.74) is 3.47. The lowest BCUT2D eigenvalue weighted by atomic mass is 10.1. The van der Waals surface area contributed by atoms with Crippen LogP contribution >= 0.6 is 11.6 Å². The van der Waals surface area contributed by atoms with Gasteiger partial charge in [-0.25, -0.2) is 13.4 Å². The fourth-order valence-electron chi connectivity index (χ4n) is 3.78. The predicted molar refractivity (Wildman–Crippen MR) is 131 cm³/mol. The number of aromatic nitrogens is 1. The summed E-state index contributed by atoms with van der Waals surface area (Å²) in [6.07, 6.45) is 1.48. The van der Waals surface area contributed by atoms with E-state index < -0.39 is 10.0 Å². The summed E-state index contributed by atoms with van der Waals surface area (Å²) in [5, 5.41) is 0.360. The molecule has 0 spiro atoms. The Morgan fingerprint density at radius 2 is 2.06 bits per heavy atom. The smallest absolute Gasteiger partial charge is 0.262 e. The molecule has 0 unspecified atom stereocenters. The lowest BCUT2D eigenvalue weighted by Crippen LogP contribution is -2.28. The molecule has 2 aromatic carbocycles. The van der Waals surface area contributed by atoms with Gasteiger partial charge in [-0.1, -0.05) is 23.7 Å². The molecule has 1 aliphatic heterocycles. The molecule has 0 bridgehead atoms. The average Bonchev–Trinajstić information content (AvgIpc) is 3.26. The number of furan rings is 1. The Morgan fingerprint density at radius 1 is 1.21 bits per heavy atom. The molecule has 34 heavy (non-hydrogen) atoms. The number of ether oxygens (including phenoxy) is 2. The van der Waals surface area contributed by atoms with E-state index in [1.165, 1.54) is 12.3 Å². The third-order valence-electron chi connectivity index (χ3n) is 5.65. The zero-order valence-corrected chi connectivity index (χ0v) is 20.1. The molecule has 0 fully saturated rings. The molecule has 10 heteroatoms. The Kier molecular flexibility index (Phi) is 5.75. The van der Waals surface area contributed by atoms with Gasteiger partial charge in [0.1, 0.15) is 30.2 Å². The number of nitrogens with zero attached hydrogens (tertiary/aromatic N) is 2. The van der Waals surface area contributed by atoms with E-state index in [1.807, 2.05) is 25.2 Å². The molecule has 3 heterocycles. The SMILES string of the molecule is Cc1c(Cl)cccc1S(=O)(=O)Nc1cc2occc2nc1OCc1ccc2c(c1)OCCN2C. The lowest BCUT2D eigenvalue weighted by Gasteiger charge is -2.28. The van der Waals surface area contributed by atoms with Gasteiger partial charge in [-0.15, -0.1) is 0 Å². The van der Waals surface area contributed by atoms with Crippen molar-refractivity contribution in [1.82, 2.24) is 4.98 Å². The largest absolute Gasteiger partial charge is 0.490 e. The van der Waals surface area contributed by atoms with E-state index >= 15 is 0 Å². The van der Waals surface area contributed by atoms with Gasteiger partial charge in [0.2, 0.25) is 5.88 Å². The minimum absolute atomic E-state index is 0.0708. The maximum Gasteiger partial charge on any atom is 0.262 e. The molecule has 0 atom stereocenters. The molecule has 1 aliphatic rings. The maximum absolute atomic E-state index is 13.2. The highest BCUT2D eigenvalue weighted by atomic mass is 35.5. The molecule has 0 aliphatic carbocycles. The highest BCUT2D eigenvalue weighted by molar-refractivity contribution is 7.92. The second kappa shape index (κ2) is 8.73. The van der Waals surface area contributed by atoms with Crippen LogP contribution < -0.4 is 19.1 Å². The Morgan fingerprint density at radius 3 is 2.91 bits per heavy atom. The predicted octanol–water partition coefficient (Wildman–Crippen LogP) is 5.00. The first-order valence-electron chi connectivity index (χ1n) is 10.6. The van der Waals surface area contributed by atoms with Crippen molar-refractivity contribution < 1.29 is 22.3 Å². The monoisotopic (exact) mass is 499 g/mol. The van der Waals surface area contributed by atoms with Crippen molar-refractivity contribution in [3.8, 4) is 11.6 Å². The molecule has 0 radical (unpaired) electrons. The van der Waals surface area contributed by atoms with Crippen LogP contribution in [0.1, 0.15) is 11.1 Å². The van der Waals surface area contributed by atoms with Gasteiger partial charge in [0.25, 0.3) is 10.0 Å². The second-order valence-electron chi connectivity index (χ2n) is 7.97. The number of benzene rings is 2. The van der Waals surface area contributed by atoms with Gasteiger partial charge in [-0.3, -0.25) is 4.72 Å². The first kappa shape index (κ1) is 22.4. The second-order valence-corrected chi connectivity index (χ2v) is 10.0. The third-order valence-corrected chi connectivity index (χ3v) is 7.57. The Balaban J connectivity index is 1.45. The van der Waals surface area contributed by atoms with Crippen molar-refractivity contribution in [2.75, 3.05) is 29.8 Å². The minimum Gasteiger partial charge on any atom is -0.490 e. The average molecular weight is 500 g/mol. The van der Waals surface area contributed by atoms with Gasteiger partial charge in [0.05, 0.1) is 23.4 Å². The van der Waals surface area contributed by atoms with E-state index in [4.69, 9.17) is 25.5 Å². The van der Waals surface area contributed by atoms with E-state index in [9.17, 15) is 8.42 Å². The van der Waals surface area contributed by atoms with E-state index in [0.29, 0.717) is 28.3 Å². The molecule has 5 rings (SSSR count). The quantitative estimate of drug-likeness (QED) is 0.399. The first-order chi connectivity index (χ1) is 16.3. The highest BCUT2D eigenvalue weighted by Crippen LogP contribution is 2.34. The minimum atomic E-state index is -3.96. The molecule has 1 N–H and O–H groups in total. The van der Waals surface area contributed by atoms with E-state index in [1.54, 1.807) is 31.2 Å². The van der Waals surface area contributed by atoms with Gasteiger partial charge in [-0.05, 0) is 42.3 Å². The van der Waals surface area contributed by atoms with Crippen LogP contribution in [0, 0.1) is 6.92 Å². The Labute approximate surface area is 202 Å². The summed E-state index contributed by atoms with van der Waals surface area (Å²) in [4.78, 5) is 6.66. The molecular weight excluding hydrogens is 478 g/mol. The van der Waals surface area contributed by atoms with Gasteiger partial charge < -0.3 is 18.8 Å². The molecule has 8 nitrogen and oxygen atoms in total. The van der Waals surface area contributed by atoms with Gasteiger partial charge in [-0.2, -0.15) is 0 Å². The summed E-state index contributed by atoms with van der Waals surface area (Å²) in [6.45, 7) is 3.26. The lowest BCUT2D eigenvalue weighted by molar-refractivity contribution is 0.291. The van der Waals surface area contributed by atoms with Crippen molar-refractivity contribution >= 4 is 44.1 Å². The molecule has 2 aromatic heterocycles. The van der Waals surface area contributed by atoms with Crippen LogP contribution in [0.5, 0.6) is 11.6 Å². The van der Waals surface area contributed by atoms with Crippen LogP contribution in [0.25, 0.3) is 11.1 Å². The number of hydrogen-bond acceptors (Lipinski definition) is 7. The molecule has 0 saturated carbocycles. The van der Waals surface area contributed by atoms with Crippen molar-refractivity contribution in [1.29, 1.82) is 0 Å². The van der Waals surface area contributed by atoms with E-state index in [2.05, 4.69) is 14.6 Å². The fraction of sp³-hybridized carbons (Fsp3) is 0.208. The standard InChI is InChI=1S/C24H22ClN3O5S/c1-15-17(25)4-3-5-23(15)34(29,30)27-19-13-21-18(8-10-31-21)26-24(19)33-14-16-6-7-20-22(12-16)32-11-9-28(20)2/h3-8,10,12-13,27H,9,11,14H2,1-2H3. The van der Waals surface area contributed by atoms with Crippen LogP contribution in [0.3, 0.4) is 0 Å².